The highest BCUT2D eigenvalue weighted by Crippen LogP contribution is 2.07. The lowest BCUT2D eigenvalue weighted by Crippen LogP contribution is -2.18. The number of hydrogen-bond donors (Lipinski definition) is 2. The molecule has 0 atom stereocenters. The molecule has 0 aliphatic carbocycles. The van der Waals surface area contributed by atoms with Crippen LogP contribution in [0.1, 0.15) is 26.4 Å². The maximum atomic E-state index is 11.6. The van der Waals surface area contributed by atoms with Crippen LogP contribution in [-0.4, -0.2) is 42.8 Å². The minimum absolute atomic E-state index is 0.107. The van der Waals surface area contributed by atoms with Crippen LogP contribution in [0.25, 0.3) is 0 Å². The number of anilines is 1. The Morgan fingerprint density at radius 2 is 2.00 bits per heavy atom. The Labute approximate surface area is 134 Å². The van der Waals surface area contributed by atoms with E-state index in [-0.39, 0.29) is 11.6 Å². The van der Waals surface area contributed by atoms with Crippen LogP contribution in [0.3, 0.4) is 0 Å². The van der Waals surface area contributed by atoms with Gasteiger partial charge in [0.05, 0.1) is 7.11 Å². The van der Waals surface area contributed by atoms with Gasteiger partial charge in [0.2, 0.25) is 0 Å². The molecule has 7 heteroatoms. The van der Waals surface area contributed by atoms with Crippen molar-refractivity contribution in [3.05, 3.63) is 53.2 Å². The summed E-state index contributed by atoms with van der Waals surface area (Å²) in [4.78, 5) is 22.8. The van der Waals surface area contributed by atoms with Crippen LogP contribution < -0.4 is 10.6 Å². The Hall–Kier alpha value is -2.96. The maximum Gasteiger partial charge on any atom is 0.358 e. The van der Waals surface area contributed by atoms with E-state index in [1.54, 1.807) is 25.2 Å². The molecule has 0 spiro atoms. The highest BCUT2D eigenvalue weighted by Gasteiger charge is 2.07. The summed E-state index contributed by atoms with van der Waals surface area (Å²) in [5.41, 5.74) is 1.83. The van der Waals surface area contributed by atoms with E-state index in [9.17, 15) is 9.59 Å². The minimum atomic E-state index is -0.518. The predicted octanol–water partition coefficient (Wildman–Crippen LogP) is 1.28. The zero-order chi connectivity index (χ0) is 16.7. The molecular formula is C16H18N4O3. The lowest BCUT2D eigenvalue weighted by Gasteiger charge is -2.07. The third kappa shape index (κ3) is 4.50. The van der Waals surface area contributed by atoms with Crippen LogP contribution in [0.4, 0.5) is 5.82 Å². The second-order valence-corrected chi connectivity index (χ2v) is 4.75. The van der Waals surface area contributed by atoms with E-state index in [0.717, 1.165) is 12.0 Å². The molecular weight excluding hydrogens is 296 g/mol. The summed E-state index contributed by atoms with van der Waals surface area (Å²) in [5.74, 6) is -0.0563. The summed E-state index contributed by atoms with van der Waals surface area (Å²) in [5, 5.41) is 13.4. The third-order valence-corrected chi connectivity index (χ3v) is 3.20. The van der Waals surface area contributed by atoms with Gasteiger partial charge in [0.1, 0.15) is 5.82 Å². The molecule has 23 heavy (non-hydrogen) atoms. The molecule has 1 aromatic heterocycles. The maximum absolute atomic E-state index is 11.6. The van der Waals surface area contributed by atoms with Crippen LogP contribution in [-0.2, 0) is 11.2 Å². The highest BCUT2D eigenvalue weighted by molar-refractivity contribution is 5.94. The number of aromatic nitrogens is 2. The fraction of sp³-hybridized carbons (Fsp3) is 0.250. The molecule has 0 bridgehead atoms. The molecule has 2 rings (SSSR count). The lowest BCUT2D eigenvalue weighted by atomic mass is 10.1. The molecule has 0 saturated carbocycles. The summed E-state index contributed by atoms with van der Waals surface area (Å²) in [6.45, 7) is 0.628. The number of carbonyl (C=O) groups is 2. The van der Waals surface area contributed by atoms with Crippen LogP contribution >= 0.6 is 0 Å². The smallest absolute Gasteiger partial charge is 0.358 e. The van der Waals surface area contributed by atoms with Gasteiger partial charge >= 0.3 is 5.97 Å². The Bertz CT molecular complexity index is 686. The van der Waals surface area contributed by atoms with Crippen LogP contribution in [0.5, 0.6) is 0 Å². The highest BCUT2D eigenvalue weighted by atomic mass is 16.5. The first-order valence-corrected chi connectivity index (χ1v) is 7.11. The first kappa shape index (κ1) is 16.4. The molecule has 2 aromatic rings. The summed E-state index contributed by atoms with van der Waals surface area (Å²) < 4.78 is 4.56. The topological polar surface area (TPSA) is 93.2 Å². The fourth-order valence-electron chi connectivity index (χ4n) is 1.99. The Kier molecular flexibility index (Phi) is 5.62. The summed E-state index contributed by atoms with van der Waals surface area (Å²) >= 11 is 0. The van der Waals surface area contributed by atoms with Crippen molar-refractivity contribution in [2.24, 2.45) is 0 Å². The summed E-state index contributed by atoms with van der Waals surface area (Å²) in [6, 6.07) is 10.7. The first-order valence-electron chi connectivity index (χ1n) is 7.11. The summed E-state index contributed by atoms with van der Waals surface area (Å²) in [6.07, 6.45) is 0.727. The van der Waals surface area contributed by atoms with Gasteiger partial charge < -0.3 is 15.4 Å². The second kappa shape index (κ2) is 7.88. The summed E-state index contributed by atoms with van der Waals surface area (Å²) in [7, 11) is 2.90. The van der Waals surface area contributed by atoms with E-state index in [1.807, 2.05) is 18.2 Å². The molecule has 120 valence electrons. The quantitative estimate of drug-likeness (QED) is 0.780. The van der Waals surface area contributed by atoms with E-state index < -0.39 is 5.97 Å². The van der Waals surface area contributed by atoms with Crippen molar-refractivity contribution in [3.63, 3.8) is 0 Å². The number of carbonyl (C=O) groups excluding carboxylic acids is 2. The van der Waals surface area contributed by atoms with E-state index in [0.29, 0.717) is 17.9 Å². The second-order valence-electron chi connectivity index (χ2n) is 4.75. The largest absolute Gasteiger partial charge is 0.464 e. The number of rotatable bonds is 6. The van der Waals surface area contributed by atoms with Gasteiger partial charge in [-0.3, -0.25) is 4.79 Å². The molecule has 0 unspecified atom stereocenters. The molecule has 1 heterocycles. The Balaban J connectivity index is 1.90. The molecule has 0 radical (unpaired) electrons. The van der Waals surface area contributed by atoms with Gasteiger partial charge in [0.15, 0.2) is 5.69 Å². The number of nitrogens with one attached hydrogen (secondary N) is 2. The van der Waals surface area contributed by atoms with E-state index >= 15 is 0 Å². The zero-order valence-electron chi connectivity index (χ0n) is 13.0. The van der Waals surface area contributed by atoms with Crippen molar-refractivity contribution in [3.8, 4) is 0 Å². The molecule has 7 nitrogen and oxygen atoms in total. The Morgan fingerprint density at radius 3 is 2.65 bits per heavy atom. The molecule has 2 N–H and O–H groups in total. The van der Waals surface area contributed by atoms with Crippen LogP contribution in [0, 0.1) is 0 Å². The third-order valence-electron chi connectivity index (χ3n) is 3.20. The van der Waals surface area contributed by atoms with Gasteiger partial charge in [-0.25, -0.2) is 4.79 Å². The van der Waals surface area contributed by atoms with Gasteiger partial charge in [0.25, 0.3) is 5.91 Å². The average Bonchev–Trinajstić information content (AvgIpc) is 2.61. The van der Waals surface area contributed by atoms with Gasteiger partial charge in [-0.05, 0) is 36.2 Å². The number of amides is 1. The average molecular weight is 314 g/mol. The van der Waals surface area contributed by atoms with Crippen molar-refractivity contribution in [2.75, 3.05) is 26.0 Å². The Morgan fingerprint density at radius 1 is 1.17 bits per heavy atom. The van der Waals surface area contributed by atoms with E-state index in [2.05, 4.69) is 25.6 Å². The van der Waals surface area contributed by atoms with Gasteiger partial charge in [-0.15, -0.1) is 10.2 Å². The van der Waals surface area contributed by atoms with Gasteiger partial charge in [-0.2, -0.15) is 0 Å². The van der Waals surface area contributed by atoms with E-state index in [1.165, 1.54) is 7.11 Å². The number of esters is 1. The predicted molar refractivity (Wildman–Crippen MR) is 85.4 cm³/mol. The van der Waals surface area contributed by atoms with Crippen molar-refractivity contribution in [1.29, 1.82) is 0 Å². The van der Waals surface area contributed by atoms with Crippen LogP contribution in [0.2, 0.25) is 0 Å². The number of nitrogens with zero attached hydrogens (tertiary/aromatic N) is 2. The fourth-order valence-corrected chi connectivity index (χ4v) is 1.99. The van der Waals surface area contributed by atoms with Crippen molar-refractivity contribution in [1.82, 2.24) is 15.5 Å². The number of hydrogen-bond acceptors (Lipinski definition) is 6. The van der Waals surface area contributed by atoms with Gasteiger partial charge in [-0.1, -0.05) is 12.1 Å². The van der Waals surface area contributed by atoms with Crippen molar-refractivity contribution >= 4 is 17.7 Å². The minimum Gasteiger partial charge on any atom is -0.464 e. The number of benzene rings is 1. The zero-order valence-corrected chi connectivity index (χ0v) is 13.0. The molecule has 0 aliphatic rings. The number of methoxy groups -OCH3 is 1. The monoisotopic (exact) mass is 314 g/mol. The molecule has 1 aromatic carbocycles. The molecule has 0 aliphatic heterocycles. The van der Waals surface area contributed by atoms with Gasteiger partial charge in [0, 0.05) is 19.2 Å². The lowest BCUT2D eigenvalue weighted by molar-refractivity contribution is 0.0592. The molecule has 1 amide bonds. The first-order chi connectivity index (χ1) is 11.1. The standard InChI is InChI=1S/C16H18N4O3/c1-17-15(21)12-5-3-4-11(10-12)8-9-18-14-7-6-13(19-20-14)16(22)23-2/h3-7,10H,8-9H2,1-2H3,(H,17,21)(H,18,20). The molecule has 0 fully saturated rings. The van der Waals surface area contributed by atoms with Crippen LogP contribution in [0.15, 0.2) is 36.4 Å². The normalized spacial score (nSPS) is 10.0. The number of ether oxygens (including phenoxy) is 1. The van der Waals surface area contributed by atoms with Crippen molar-refractivity contribution in [2.45, 2.75) is 6.42 Å². The van der Waals surface area contributed by atoms with E-state index in [4.69, 9.17) is 0 Å². The SMILES string of the molecule is CNC(=O)c1cccc(CCNc2ccc(C(=O)OC)nn2)c1. The van der Waals surface area contributed by atoms with Crippen molar-refractivity contribution < 1.29 is 14.3 Å². The molecule has 0 saturated heterocycles.